The second-order valence-electron chi connectivity index (χ2n) is 7.78. The maximum absolute atomic E-state index is 10.5. The highest BCUT2D eigenvalue weighted by Crippen LogP contribution is 2.29. The Hall–Kier alpha value is -0.860. The lowest BCUT2D eigenvalue weighted by Crippen LogP contribution is -2.38. The molecule has 0 spiro atoms. The minimum atomic E-state index is -0.336. The molecule has 0 bridgehead atoms. The number of rotatable bonds is 13. The van der Waals surface area contributed by atoms with Crippen molar-refractivity contribution in [2.24, 2.45) is 0 Å². The molecule has 0 fully saturated rings. The van der Waals surface area contributed by atoms with E-state index < -0.39 is 0 Å². The molecule has 2 rings (SSSR count). The Kier molecular flexibility index (Phi) is 10.2. The van der Waals surface area contributed by atoms with Gasteiger partial charge in [0.05, 0.1) is 6.10 Å². The van der Waals surface area contributed by atoms with Gasteiger partial charge in [-0.3, -0.25) is 0 Å². The number of hydrogen-bond donors (Lipinski definition) is 2. The summed E-state index contributed by atoms with van der Waals surface area (Å²) >= 11 is 0. The Bertz CT molecular complexity index is 459. The number of benzene rings is 1. The SMILES string of the molecule is CCCCCCCCCCCCCNC1CCc2ccccc2C1O. The largest absolute Gasteiger partial charge is 0.387 e. The van der Waals surface area contributed by atoms with Gasteiger partial charge in [0, 0.05) is 6.04 Å². The van der Waals surface area contributed by atoms with Gasteiger partial charge in [0.1, 0.15) is 0 Å². The average Bonchev–Trinajstić information content (AvgIpc) is 2.64. The molecule has 2 nitrogen and oxygen atoms in total. The van der Waals surface area contributed by atoms with Crippen LogP contribution in [0, 0.1) is 0 Å². The molecule has 2 atom stereocenters. The normalized spacial score (nSPS) is 19.8. The van der Waals surface area contributed by atoms with E-state index in [-0.39, 0.29) is 12.1 Å². The third-order valence-corrected chi connectivity index (χ3v) is 5.67. The van der Waals surface area contributed by atoms with Gasteiger partial charge >= 0.3 is 0 Å². The predicted octanol–water partition coefficient (Wildman–Crippen LogP) is 5.94. The van der Waals surface area contributed by atoms with Crippen molar-refractivity contribution in [1.82, 2.24) is 5.32 Å². The van der Waals surface area contributed by atoms with Gasteiger partial charge in [0.2, 0.25) is 0 Å². The van der Waals surface area contributed by atoms with Crippen LogP contribution in [0.1, 0.15) is 101 Å². The zero-order chi connectivity index (χ0) is 17.7. The van der Waals surface area contributed by atoms with Crippen molar-refractivity contribution in [3.63, 3.8) is 0 Å². The highest BCUT2D eigenvalue weighted by molar-refractivity contribution is 5.32. The molecule has 2 heteroatoms. The predicted molar refractivity (Wildman–Crippen MR) is 108 cm³/mol. The fraction of sp³-hybridized carbons (Fsp3) is 0.739. The van der Waals surface area contributed by atoms with Crippen molar-refractivity contribution in [1.29, 1.82) is 0 Å². The van der Waals surface area contributed by atoms with Crippen LogP contribution in [0.15, 0.2) is 24.3 Å². The second-order valence-corrected chi connectivity index (χ2v) is 7.78. The Morgan fingerprint density at radius 1 is 0.880 bits per heavy atom. The standard InChI is InChI=1S/C23H39NO/c1-2-3-4-5-6-7-8-9-10-11-14-19-24-22-18-17-20-15-12-13-16-21(20)23(22)25/h12-13,15-16,22-25H,2-11,14,17-19H2,1H3. The summed E-state index contributed by atoms with van der Waals surface area (Å²) in [6.45, 7) is 3.32. The van der Waals surface area contributed by atoms with Gasteiger partial charge in [0.25, 0.3) is 0 Å². The number of nitrogens with one attached hydrogen (secondary N) is 1. The van der Waals surface area contributed by atoms with Crippen molar-refractivity contribution < 1.29 is 5.11 Å². The molecule has 0 radical (unpaired) electrons. The molecule has 1 aliphatic carbocycles. The van der Waals surface area contributed by atoms with Crippen LogP contribution in [0.2, 0.25) is 0 Å². The van der Waals surface area contributed by atoms with E-state index in [0.717, 1.165) is 24.9 Å². The molecule has 0 saturated heterocycles. The first kappa shape index (κ1) is 20.5. The van der Waals surface area contributed by atoms with E-state index in [9.17, 15) is 5.11 Å². The minimum absolute atomic E-state index is 0.234. The summed E-state index contributed by atoms with van der Waals surface area (Å²) < 4.78 is 0. The van der Waals surface area contributed by atoms with E-state index in [1.807, 2.05) is 6.07 Å². The summed E-state index contributed by atoms with van der Waals surface area (Å²) in [5.74, 6) is 0. The monoisotopic (exact) mass is 345 g/mol. The number of aliphatic hydroxyl groups is 1. The topological polar surface area (TPSA) is 32.3 Å². The molecule has 0 aromatic heterocycles. The summed E-state index contributed by atoms with van der Waals surface area (Å²) in [4.78, 5) is 0. The summed E-state index contributed by atoms with van der Waals surface area (Å²) in [6.07, 6.45) is 17.0. The summed E-state index contributed by atoms with van der Waals surface area (Å²) in [7, 11) is 0. The second kappa shape index (κ2) is 12.5. The van der Waals surface area contributed by atoms with Crippen LogP contribution in [0.25, 0.3) is 0 Å². The van der Waals surface area contributed by atoms with Gasteiger partial charge in [-0.1, -0.05) is 95.4 Å². The zero-order valence-electron chi connectivity index (χ0n) is 16.3. The quantitative estimate of drug-likeness (QED) is 0.434. The van der Waals surface area contributed by atoms with Crippen molar-refractivity contribution in [3.8, 4) is 0 Å². The van der Waals surface area contributed by atoms with E-state index in [4.69, 9.17) is 0 Å². The lowest BCUT2D eigenvalue weighted by atomic mass is 9.86. The van der Waals surface area contributed by atoms with E-state index >= 15 is 0 Å². The number of aliphatic hydroxyl groups excluding tert-OH is 1. The van der Waals surface area contributed by atoms with Crippen LogP contribution in [0.3, 0.4) is 0 Å². The van der Waals surface area contributed by atoms with E-state index in [2.05, 4.69) is 30.4 Å². The maximum atomic E-state index is 10.5. The summed E-state index contributed by atoms with van der Waals surface area (Å²) in [5, 5.41) is 14.1. The number of unbranched alkanes of at least 4 members (excludes halogenated alkanes) is 10. The number of aryl methyl sites for hydroxylation is 1. The van der Waals surface area contributed by atoms with Gasteiger partial charge in [-0.05, 0) is 36.9 Å². The summed E-state index contributed by atoms with van der Waals surface area (Å²) in [6, 6.07) is 8.57. The molecule has 25 heavy (non-hydrogen) atoms. The average molecular weight is 346 g/mol. The molecule has 2 N–H and O–H groups in total. The highest BCUT2D eigenvalue weighted by atomic mass is 16.3. The molecular formula is C23H39NO. The molecule has 0 amide bonds. The highest BCUT2D eigenvalue weighted by Gasteiger charge is 2.26. The lowest BCUT2D eigenvalue weighted by Gasteiger charge is -2.30. The van der Waals surface area contributed by atoms with E-state index in [1.165, 1.54) is 76.2 Å². The van der Waals surface area contributed by atoms with Crippen molar-refractivity contribution >= 4 is 0 Å². The molecule has 2 unspecified atom stereocenters. The Balaban J connectivity index is 1.45. The Morgan fingerprint density at radius 3 is 2.16 bits per heavy atom. The van der Waals surface area contributed by atoms with Gasteiger partial charge in [-0.25, -0.2) is 0 Å². The van der Waals surface area contributed by atoms with Crippen LogP contribution in [0.5, 0.6) is 0 Å². The fourth-order valence-electron chi connectivity index (χ4n) is 4.03. The third kappa shape index (κ3) is 7.50. The van der Waals surface area contributed by atoms with Crippen LogP contribution < -0.4 is 5.32 Å². The molecule has 0 aliphatic heterocycles. The third-order valence-electron chi connectivity index (χ3n) is 5.67. The lowest BCUT2D eigenvalue weighted by molar-refractivity contribution is 0.115. The number of fused-ring (bicyclic) bond motifs is 1. The van der Waals surface area contributed by atoms with E-state index in [0.29, 0.717) is 0 Å². The van der Waals surface area contributed by atoms with Crippen molar-refractivity contribution in [2.75, 3.05) is 6.54 Å². The molecule has 1 aromatic carbocycles. The molecule has 142 valence electrons. The zero-order valence-corrected chi connectivity index (χ0v) is 16.3. The maximum Gasteiger partial charge on any atom is 0.0945 e. The van der Waals surface area contributed by atoms with Crippen molar-refractivity contribution in [3.05, 3.63) is 35.4 Å². The van der Waals surface area contributed by atoms with Gasteiger partial charge < -0.3 is 10.4 Å². The van der Waals surface area contributed by atoms with Gasteiger partial charge in [0.15, 0.2) is 0 Å². The first-order valence-electron chi connectivity index (χ1n) is 10.8. The van der Waals surface area contributed by atoms with Crippen LogP contribution >= 0.6 is 0 Å². The summed E-state index contributed by atoms with van der Waals surface area (Å²) in [5.41, 5.74) is 2.45. The Labute approximate surface area is 155 Å². The molecule has 0 saturated carbocycles. The number of hydrogen-bond acceptors (Lipinski definition) is 2. The molecule has 1 aromatic rings. The van der Waals surface area contributed by atoms with Crippen molar-refractivity contribution in [2.45, 2.75) is 103 Å². The molecule has 1 aliphatic rings. The minimum Gasteiger partial charge on any atom is -0.387 e. The molecule has 0 heterocycles. The van der Waals surface area contributed by atoms with E-state index in [1.54, 1.807) is 0 Å². The van der Waals surface area contributed by atoms with Crippen LogP contribution in [-0.4, -0.2) is 17.7 Å². The molecular weight excluding hydrogens is 306 g/mol. The fourth-order valence-corrected chi connectivity index (χ4v) is 4.03. The Morgan fingerprint density at radius 2 is 1.48 bits per heavy atom. The van der Waals surface area contributed by atoms with Crippen LogP contribution in [0.4, 0.5) is 0 Å². The van der Waals surface area contributed by atoms with Crippen LogP contribution in [-0.2, 0) is 6.42 Å². The smallest absolute Gasteiger partial charge is 0.0945 e. The first-order valence-corrected chi connectivity index (χ1v) is 10.8. The first-order chi connectivity index (χ1) is 12.3. The van der Waals surface area contributed by atoms with Gasteiger partial charge in [-0.2, -0.15) is 0 Å². The van der Waals surface area contributed by atoms with Gasteiger partial charge in [-0.15, -0.1) is 0 Å².